The second-order valence-corrected chi connectivity index (χ2v) is 4.64. The van der Waals surface area contributed by atoms with Crippen molar-refractivity contribution in [2.75, 3.05) is 13.2 Å². The van der Waals surface area contributed by atoms with E-state index in [0.29, 0.717) is 25.7 Å². The minimum atomic E-state index is -0.549. The Balaban J connectivity index is 4.56. The molecule has 0 saturated carbocycles. The summed E-state index contributed by atoms with van der Waals surface area (Å²) < 4.78 is 0. The zero-order chi connectivity index (χ0) is 13.3. The first-order valence-corrected chi connectivity index (χ1v) is 6.17. The summed E-state index contributed by atoms with van der Waals surface area (Å²) in [5.41, 5.74) is -0.549. The molecular formula is C13H25NO3. The van der Waals surface area contributed by atoms with Crippen molar-refractivity contribution in [1.82, 2.24) is 5.32 Å². The molecule has 3 N–H and O–H groups in total. The van der Waals surface area contributed by atoms with Crippen molar-refractivity contribution in [3.05, 3.63) is 12.7 Å². The highest BCUT2D eigenvalue weighted by Crippen LogP contribution is 2.28. The molecule has 0 aliphatic carbocycles. The van der Waals surface area contributed by atoms with Crippen molar-refractivity contribution in [2.24, 2.45) is 5.41 Å². The first kappa shape index (κ1) is 16.1. The third-order valence-corrected chi connectivity index (χ3v) is 3.08. The van der Waals surface area contributed by atoms with Gasteiger partial charge in [-0.15, -0.1) is 6.58 Å². The van der Waals surface area contributed by atoms with Crippen LogP contribution in [-0.4, -0.2) is 35.4 Å². The Morgan fingerprint density at radius 1 is 1.53 bits per heavy atom. The van der Waals surface area contributed by atoms with Crippen molar-refractivity contribution in [1.29, 1.82) is 0 Å². The first-order chi connectivity index (χ1) is 8.03. The van der Waals surface area contributed by atoms with E-state index in [1.807, 2.05) is 13.8 Å². The van der Waals surface area contributed by atoms with Crippen LogP contribution in [-0.2, 0) is 4.79 Å². The molecule has 0 spiro atoms. The number of allylic oxidation sites excluding steroid dienone is 1. The van der Waals surface area contributed by atoms with Crippen molar-refractivity contribution in [2.45, 2.75) is 45.6 Å². The minimum absolute atomic E-state index is 0.0492. The van der Waals surface area contributed by atoms with Gasteiger partial charge in [-0.25, -0.2) is 0 Å². The molecule has 100 valence electrons. The fourth-order valence-corrected chi connectivity index (χ4v) is 1.73. The second kappa shape index (κ2) is 8.25. The lowest BCUT2D eigenvalue weighted by Crippen LogP contribution is -2.45. The molecule has 0 aromatic carbocycles. The summed E-state index contributed by atoms with van der Waals surface area (Å²) in [5, 5.41) is 20.8. The Kier molecular flexibility index (Phi) is 7.83. The zero-order valence-electron chi connectivity index (χ0n) is 10.9. The van der Waals surface area contributed by atoms with E-state index in [0.717, 1.165) is 0 Å². The number of hydrogen-bond donors (Lipinski definition) is 3. The van der Waals surface area contributed by atoms with Crippen molar-refractivity contribution < 1.29 is 15.0 Å². The highest BCUT2D eigenvalue weighted by atomic mass is 16.3. The topological polar surface area (TPSA) is 69.6 Å². The van der Waals surface area contributed by atoms with Crippen molar-refractivity contribution >= 4 is 5.91 Å². The van der Waals surface area contributed by atoms with Gasteiger partial charge in [0.1, 0.15) is 0 Å². The molecule has 0 aliphatic rings. The molecule has 0 radical (unpaired) electrons. The molecular weight excluding hydrogens is 218 g/mol. The van der Waals surface area contributed by atoms with Crippen LogP contribution in [0, 0.1) is 5.41 Å². The van der Waals surface area contributed by atoms with Gasteiger partial charge in [-0.05, 0) is 25.7 Å². The molecule has 0 aromatic heterocycles. The highest BCUT2D eigenvalue weighted by molar-refractivity contribution is 5.82. The average molecular weight is 243 g/mol. The maximum atomic E-state index is 12.1. The van der Waals surface area contributed by atoms with Gasteiger partial charge in [-0.2, -0.15) is 0 Å². The van der Waals surface area contributed by atoms with E-state index in [1.54, 1.807) is 6.08 Å². The van der Waals surface area contributed by atoms with Crippen molar-refractivity contribution in [3.8, 4) is 0 Å². The zero-order valence-corrected chi connectivity index (χ0v) is 10.9. The summed E-state index contributed by atoms with van der Waals surface area (Å²) in [4.78, 5) is 12.1. The quantitative estimate of drug-likeness (QED) is 0.533. The molecule has 0 rings (SSSR count). The lowest BCUT2D eigenvalue weighted by Gasteiger charge is -2.29. The first-order valence-electron chi connectivity index (χ1n) is 6.17. The van der Waals surface area contributed by atoms with Crippen LogP contribution in [0.3, 0.4) is 0 Å². The lowest BCUT2D eigenvalue weighted by atomic mass is 9.81. The summed E-state index contributed by atoms with van der Waals surface area (Å²) in [6, 6.07) is -0.194. The van der Waals surface area contributed by atoms with Gasteiger partial charge in [0.15, 0.2) is 0 Å². The highest BCUT2D eigenvalue weighted by Gasteiger charge is 2.32. The van der Waals surface area contributed by atoms with Gasteiger partial charge in [0.25, 0.3) is 0 Å². The summed E-state index contributed by atoms with van der Waals surface area (Å²) in [5.74, 6) is -0.0771. The monoisotopic (exact) mass is 243 g/mol. The third-order valence-electron chi connectivity index (χ3n) is 3.08. The number of carbonyl (C=O) groups is 1. The predicted octanol–water partition coefficient (Wildman–Crippen LogP) is 1.23. The molecule has 1 unspecified atom stereocenters. The van der Waals surface area contributed by atoms with Gasteiger partial charge in [0, 0.05) is 12.0 Å². The third kappa shape index (κ3) is 5.33. The van der Waals surface area contributed by atoms with Crippen LogP contribution in [0.2, 0.25) is 0 Å². The predicted molar refractivity (Wildman–Crippen MR) is 68.5 cm³/mol. The van der Waals surface area contributed by atoms with Crippen LogP contribution in [0.15, 0.2) is 12.7 Å². The van der Waals surface area contributed by atoms with Gasteiger partial charge < -0.3 is 15.5 Å². The summed E-state index contributed by atoms with van der Waals surface area (Å²) >= 11 is 0. The molecule has 4 heteroatoms. The Morgan fingerprint density at radius 3 is 2.59 bits per heavy atom. The van der Waals surface area contributed by atoms with E-state index >= 15 is 0 Å². The normalized spacial score (nSPS) is 16.0. The second-order valence-electron chi connectivity index (χ2n) is 4.64. The van der Waals surface area contributed by atoms with Crippen LogP contribution in [0.25, 0.3) is 0 Å². The molecule has 4 nitrogen and oxygen atoms in total. The number of aliphatic hydroxyl groups excluding tert-OH is 2. The molecule has 17 heavy (non-hydrogen) atoms. The van der Waals surface area contributed by atoms with E-state index < -0.39 is 5.41 Å². The minimum Gasteiger partial charge on any atom is -0.396 e. The van der Waals surface area contributed by atoms with Gasteiger partial charge in [0.05, 0.1) is 12.6 Å². The van der Waals surface area contributed by atoms with Crippen LogP contribution >= 0.6 is 0 Å². The lowest BCUT2D eigenvalue weighted by molar-refractivity contribution is -0.131. The van der Waals surface area contributed by atoms with Gasteiger partial charge in [-0.1, -0.05) is 19.9 Å². The van der Waals surface area contributed by atoms with Crippen molar-refractivity contribution in [3.63, 3.8) is 0 Å². The average Bonchev–Trinajstić information content (AvgIpc) is 2.33. The van der Waals surface area contributed by atoms with Crippen LogP contribution < -0.4 is 5.32 Å². The number of amides is 1. The fraction of sp³-hybridized carbons (Fsp3) is 0.769. The summed E-state index contributed by atoms with van der Waals surface area (Å²) in [6.07, 6.45) is 4.20. The van der Waals surface area contributed by atoms with E-state index in [1.165, 1.54) is 0 Å². The molecule has 0 saturated heterocycles. The Morgan fingerprint density at radius 2 is 2.18 bits per heavy atom. The molecule has 0 heterocycles. The van der Waals surface area contributed by atoms with E-state index in [4.69, 9.17) is 10.2 Å². The smallest absolute Gasteiger partial charge is 0.226 e. The van der Waals surface area contributed by atoms with E-state index in [9.17, 15) is 4.79 Å². The molecule has 0 aliphatic heterocycles. The van der Waals surface area contributed by atoms with E-state index in [-0.39, 0.29) is 25.2 Å². The van der Waals surface area contributed by atoms with E-state index in [2.05, 4.69) is 11.9 Å². The van der Waals surface area contributed by atoms with Gasteiger partial charge in [0.2, 0.25) is 5.91 Å². The summed E-state index contributed by atoms with van der Waals surface area (Å²) in [7, 11) is 0. The SMILES string of the molecule is C=CC[C@@](C)(CCCO)C(=O)NC(CC)CO. The molecule has 1 amide bonds. The molecule has 0 aromatic rings. The molecule has 0 fully saturated rings. The largest absolute Gasteiger partial charge is 0.396 e. The number of hydrogen-bond acceptors (Lipinski definition) is 3. The number of rotatable bonds is 9. The van der Waals surface area contributed by atoms with Crippen LogP contribution in [0.5, 0.6) is 0 Å². The summed E-state index contributed by atoms with van der Waals surface area (Å²) in [6.45, 7) is 7.48. The standard InChI is InChI=1S/C13H25NO3/c1-4-7-13(3,8-6-9-15)12(17)14-11(5-2)10-16/h4,11,15-16H,1,5-10H2,2-3H3,(H,14,17)/t11?,13-/m0/s1. The molecule has 0 bridgehead atoms. The Labute approximate surface area is 104 Å². The van der Waals surface area contributed by atoms with Crippen LogP contribution in [0.4, 0.5) is 0 Å². The Hall–Kier alpha value is -0.870. The van der Waals surface area contributed by atoms with Gasteiger partial charge >= 0.3 is 0 Å². The molecule has 2 atom stereocenters. The number of nitrogens with one attached hydrogen (secondary N) is 1. The van der Waals surface area contributed by atoms with Gasteiger partial charge in [-0.3, -0.25) is 4.79 Å². The maximum absolute atomic E-state index is 12.1. The van der Waals surface area contributed by atoms with Crippen LogP contribution in [0.1, 0.15) is 39.5 Å². The number of carbonyl (C=O) groups excluding carboxylic acids is 1. The Bertz CT molecular complexity index is 239. The maximum Gasteiger partial charge on any atom is 0.226 e. The number of aliphatic hydroxyl groups is 2. The fourth-order valence-electron chi connectivity index (χ4n) is 1.73.